The van der Waals surface area contributed by atoms with E-state index in [1.165, 1.54) is 0 Å². The number of nitrogens with one attached hydrogen (secondary N) is 2. The number of amides is 1. The van der Waals surface area contributed by atoms with Crippen LogP contribution in [0.5, 0.6) is 0 Å². The summed E-state index contributed by atoms with van der Waals surface area (Å²) >= 11 is 0. The zero-order valence-corrected chi connectivity index (χ0v) is 10.3. The number of aliphatic hydroxyl groups is 1. The normalized spacial score (nSPS) is 19.5. The summed E-state index contributed by atoms with van der Waals surface area (Å²) in [5.41, 5.74) is 3.96. The van der Waals surface area contributed by atoms with Crippen molar-refractivity contribution in [1.82, 2.24) is 10.9 Å². The molecule has 1 aliphatic rings. The van der Waals surface area contributed by atoms with Crippen molar-refractivity contribution >= 4 is 6.09 Å². The molecule has 0 heterocycles. The summed E-state index contributed by atoms with van der Waals surface area (Å²) in [7, 11) is 0. The molecule has 3 N–H and O–H groups in total. The van der Waals surface area contributed by atoms with Crippen molar-refractivity contribution in [2.75, 3.05) is 6.54 Å². The first kappa shape index (κ1) is 13.3. The molecular formula is C11H22N2O3. The van der Waals surface area contributed by atoms with E-state index in [0.717, 1.165) is 25.7 Å². The molecule has 0 spiro atoms. The second kappa shape index (κ2) is 5.01. The van der Waals surface area contributed by atoms with E-state index in [2.05, 4.69) is 10.9 Å². The highest BCUT2D eigenvalue weighted by Crippen LogP contribution is 2.28. The van der Waals surface area contributed by atoms with Crippen LogP contribution in [0.15, 0.2) is 0 Å². The Morgan fingerprint density at radius 1 is 1.38 bits per heavy atom. The Balaban J connectivity index is 2.18. The van der Waals surface area contributed by atoms with Crippen LogP contribution in [0.3, 0.4) is 0 Å². The maximum absolute atomic E-state index is 11.3. The fourth-order valence-electron chi connectivity index (χ4n) is 1.79. The van der Waals surface area contributed by atoms with Gasteiger partial charge in [0.2, 0.25) is 0 Å². The Morgan fingerprint density at radius 3 is 2.44 bits per heavy atom. The molecular weight excluding hydrogens is 208 g/mol. The van der Waals surface area contributed by atoms with E-state index in [9.17, 15) is 9.90 Å². The van der Waals surface area contributed by atoms with Crippen LogP contribution in [0.4, 0.5) is 4.79 Å². The molecule has 1 fully saturated rings. The van der Waals surface area contributed by atoms with E-state index < -0.39 is 17.3 Å². The van der Waals surface area contributed by atoms with Gasteiger partial charge in [0.25, 0.3) is 0 Å². The third kappa shape index (κ3) is 4.81. The van der Waals surface area contributed by atoms with Crippen LogP contribution in [-0.4, -0.2) is 28.9 Å². The van der Waals surface area contributed by atoms with E-state index in [0.29, 0.717) is 6.54 Å². The summed E-state index contributed by atoms with van der Waals surface area (Å²) in [5, 5.41) is 9.98. The van der Waals surface area contributed by atoms with E-state index in [-0.39, 0.29) is 0 Å². The van der Waals surface area contributed by atoms with Gasteiger partial charge in [-0.25, -0.2) is 10.2 Å². The third-order valence-corrected chi connectivity index (χ3v) is 2.54. The lowest BCUT2D eigenvalue weighted by Crippen LogP contribution is -2.48. The molecule has 1 rings (SSSR count). The van der Waals surface area contributed by atoms with Crippen LogP contribution in [0.1, 0.15) is 46.5 Å². The zero-order chi connectivity index (χ0) is 12.2. The molecule has 0 aromatic heterocycles. The van der Waals surface area contributed by atoms with Crippen molar-refractivity contribution in [2.45, 2.75) is 57.7 Å². The summed E-state index contributed by atoms with van der Waals surface area (Å²) in [6.45, 7) is 5.78. The Kier molecular flexibility index (Phi) is 4.15. The van der Waals surface area contributed by atoms with Gasteiger partial charge >= 0.3 is 6.09 Å². The number of carbonyl (C=O) groups is 1. The zero-order valence-electron chi connectivity index (χ0n) is 10.3. The SMILES string of the molecule is CC(C)(C)OC(=O)NNCC1(O)CCCC1. The van der Waals surface area contributed by atoms with Crippen molar-refractivity contribution in [3.8, 4) is 0 Å². The average molecular weight is 230 g/mol. The number of carbonyl (C=O) groups excluding carboxylic acids is 1. The van der Waals surface area contributed by atoms with E-state index in [4.69, 9.17) is 4.74 Å². The molecule has 0 aromatic rings. The summed E-state index contributed by atoms with van der Waals surface area (Å²) in [5.74, 6) is 0. The minimum Gasteiger partial charge on any atom is -0.443 e. The number of rotatable bonds is 3. The van der Waals surface area contributed by atoms with Crippen LogP contribution >= 0.6 is 0 Å². The molecule has 0 aliphatic heterocycles. The van der Waals surface area contributed by atoms with Gasteiger partial charge in [0.15, 0.2) is 0 Å². The molecule has 16 heavy (non-hydrogen) atoms. The highest BCUT2D eigenvalue weighted by molar-refractivity contribution is 5.66. The fourth-order valence-corrected chi connectivity index (χ4v) is 1.79. The molecule has 1 aliphatic carbocycles. The second-order valence-corrected chi connectivity index (χ2v) is 5.41. The maximum atomic E-state index is 11.3. The monoisotopic (exact) mass is 230 g/mol. The van der Waals surface area contributed by atoms with Gasteiger partial charge in [-0.2, -0.15) is 0 Å². The molecule has 5 heteroatoms. The number of hydrogen-bond donors (Lipinski definition) is 3. The lowest BCUT2D eigenvalue weighted by Gasteiger charge is -2.24. The Hall–Kier alpha value is -0.810. The van der Waals surface area contributed by atoms with Gasteiger partial charge in [-0.3, -0.25) is 5.43 Å². The second-order valence-electron chi connectivity index (χ2n) is 5.41. The quantitative estimate of drug-likeness (QED) is 0.639. The van der Waals surface area contributed by atoms with Gasteiger partial charge in [-0.15, -0.1) is 0 Å². The standard InChI is InChI=1S/C11H22N2O3/c1-10(2,3)16-9(14)13-12-8-11(15)6-4-5-7-11/h12,15H,4-8H2,1-3H3,(H,13,14). The average Bonchev–Trinajstić information content (AvgIpc) is 2.49. The van der Waals surface area contributed by atoms with Gasteiger partial charge in [-0.1, -0.05) is 12.8 Å². The molecule has 0 saturated heterocycles. The van der Waals surface area contributed by atoms with Crippen LogP contribution in [0.2, 0.25) is 0 Å². The van der Waals surface area contributed by atoms with Gasteiger partial charge in [0, 0.05) is 6.54 Å². The van der Waals surface area contributed by atoms with Crippen LogP contribution in [0, 0.1) is 0 Å². The van der Waals surface area contributed by atoms with Crippen molar-refractivity contribution < 1.29 is 14.6 Å². The minimum absolute atomic E-state index is 0.367. The highest BCUT2D eigenvalue weighted by Gasteiger charge is 2.30. The van der Waals surface area contributed by atoms with E-state index >= 15 is 0 Å². The van der Waals surface area contributed by atoms with Gasteiger partial charge < -0.3 is 9.84 Å². The Bertz CT molecular complexity index is 242. The summed E-state index contributed by atoms with van der Waals surface area (Å²) in [4.78, 5) is 11.3. The maximum Gasteiger partial charge on any atom is 0.422 e. The number of hydrazine groups is 1. The molecule has 0 atom stereocenters. The predicted molar refractivity (Wildman–Crippen MR) is 60.8 cm³/mol. The van der Waals surface area contributed by atoms with Crippen LogP contribution in [-0.2, 0) is 4.74 Å². The first-order chi connectivity index (χ1) is 7.31. The van der Waals surface area contributed by atoms with Crippen molar-refractivity contribution in [2.24, 2.45) is 0 Å². The largest absolute Gasteiger partial charge is 0.443 e. The van der Waals surface area contributed by atoms with Crippen molar-refractivity contribution in [3.05, 3.63) is 0 Å². The molecule has 1 saturated carbocycles. The first-order valence-electron chi connectivity index (χ1n) is 5.75. The van der Waals surface area contributed by atoms with Crippen LogP contribution in [0.25, 0.3) is 0 Å². The van der Waals surface area contributed by atoms with Crippen molar-refractivity contribution in [1.29, 1.82) is 0 Å². The van der Waals surface area contributed by atoms with Crippen LogP contribution < -0.4 is 10.9 Å². The topological polar surface area (TPSA) is 70.6 Å². The van der Waals surface area contributed by atoms with E-state index in [1.807, 2.05) is 0 Å². The highest BCUT2D eigenvalue weighted by atomic mass is 16.6. The lowest BCUT2D eigenvalue weighted by atomic mass is 10.0. The van der Waals surface area contributed by atoms with Gasteiger partial charge in [0.05, 0.1) is 5.60 Å². The van der Waals surface area contributed by atoms with Crippen molar-refractivity contribution in [3.63, 3.8) is 0 Å². The molecule has 1 amide bonds. The molecule has 0 bridgehead atoms. The summed E-state index contributed by atoms with van der Waals surface area (Å²) in [6, 6.07) is 0. The fraction of sp³-hybridized carbons (Fsp3) is 0.909. The molecule has 0 aromatic carbocycles. The number of hydrogen-bond acceptors (Lipinski definition) is 4. The molecule has 0 unspecified atom stereocenters. The Morgan fingerprint density at radius 2 is 1.94 bits per heavy atom. The first-order valence-corrected chi connectivity index (χ1v) is 5.75. The summed E-state index contributed by atoms with van der Waals surface area (Å²) < 4.78 is 5.04. The predicted octanol–water partition coefficient (Wildman–Crippen LogP) is 1.32. The van der Waals surface area contributed by atoms with Gasteiger partial charge in [0.1, 0.15) is 5.60 Å². The minimum atomic E-state index is -0.672. The smallest absolute Gasteiger partial charge is 0.422 e. The lowest BCUT2D eigenvalue weighted by molar-refractivity contribution is 0.0330. The third-order valence-electron chi connectivity index (χ3n) is 2.54. The van der Waals surface area contributed by atoms with Gasteiger partial charge in [-0.05, 0) is 33.6 Å². The number of ether oxygens (including phenoxy) is 1. The Labute approximate surface area is 96.5 Å². The summed E-state index contributed by atoms with van der Waals surface area (Å²) in [6.07, 6.45) is 3.15. The molecule has 0 radical (unpaired) electrons. The van der Waals surface area contributed by atoms with E-state index in [1.54, 1.807) is 20.8 Å². The molecule has 94 valence electrons. The molecule has 5 nitrogen and oxygen atoms in total.